The first-order valence-electron chi connectivity index (χ1n) is 7.83. The van der Waals surface area contributed by atoms with Gasteiger partial charge >= 0.3 is 0 Å². The van der Waals surface area contributed by atoms with Gasteiger partial charge in [-0.1, -0.05) is 0 Å². The largest absolute Gasteiger partial charge is 0.493 e. The molecule has 0 atom stereocenters. The number of methoxy groups -OCH3 is 2. The van der Waals surface area contributed by atoms with Crippen LogP contribution in [0.1, 0.15) is 16.2 Å². The van der Waals surface area contributed by atoms with Crippen molar-refractivity contribution in [1.29, 1.82) is 0 Å². The fraction of sp³-hybridized carbons (Fsp3) is 0.167. The molecule has 8 nitrogen and oxygen atoms in total. The number of nitrogens with one attached hydrogen (secondary N) is 2. The summed E-state index contributed by atoms with van der Waals surface area (Å²) in [7, 11) is 3.14. The molecule has 0 aliphatic rings. The lowest BCUT2D eigenvalue weighted by molar-refractivity contribution is 0.0942. The minimum absolute atomic E-state index is 0.217. The van der Waals surface area contributed by atoms with Crippen LogP contribution >= 0.6 is 0 Å². The fourth-order valence-corrected chi connectivity index (χ4v) is 2.25. The van der Waals surface area contributed by atoms with E-state index < -0.39 is 0 Å². The second kappa shape index (κ2) is 8.02. The zero-order valence-corrected chi connectivity index (χ0v) is 14.4. The van der Waals surface area contributed by atoms with Crippen LogP contribution in [0.2, 0.25) is 0 Å². The average Bonchev–Trinajstić information content (AvgIpc) is 3.20. The molecule has 0 bridgehead atoms. The zero-order valence-electron chi connectivity index (χ0n) is 14.4. The Morgan fingerprint density at radius 3 is 2.58 bits per heavy atom. The minimum atomic E-state index is -0.327. The highest BCUT2D eigenvalue weighted by molar-refractivity contribution is 5.92. The highest BCUT2D eigenvalue weighted by Crippen LogP contribution is 2.30. The number of aromatic nitrogens is 2. The predicted octanol–water partition coefficient (Wildman–Crippen LogP) is 2.76. The van der Waals surface area contributed by atoms with Crippen LogP contribution in [0.4, 0.5) is 11.5 Å². The van der Waals surface area contributed by atoms with Crippen molar-refractivity contribution in [3.63, 3.8) is 0 Å². The lowest BCUT2D eigenvalue weighted by atomic mass is 10.2. The molecule has 134 valence electrons. The Kier molecular flexibility index (Phi) is 5.33. The van der Waals surface area contributed by atoms with Crippen molar-refractivity contribution in [2.24, 2.45) is 0 Å². The summed E-state index contributed by atoms with van der Waals surface area (Å²) in [5.74, 6) is 2.07. The van der Waals surface area contributed by atoms with Crippen LogP contribution in [0.15, 0.2) is 53.1 Å². The van der Waals surface area contributed by atoms with Crippen LogP contribution in [-0.2, 0) is 6.54 Å². The quantitative estimate of drug-likeness (QED) is 0.673. The number of carbonyl (C=O) groups excluding carboxylic acids is 1. The van der Waals surface area contributed by atoms with E-state index in [0.717, 1.165) is 5.69 Å². The Bertz CT molecular complexity index is 863. The molecule has 2 heterocycles. The Morgan fingerprint density at radius 1 is 1.08 bits per heavy atom. The molecule has 2 aromatic heterocycles. The Labute approximate surface area is 150 Å². The number of amides is 1. The lowest BCUT2D eigenvalue weighted by Gasteiger charge is -2.10. The van der Waals surface area contributed by atoms with E-state index in [1.165, 1.54) is 0 Å². The van der Waals surface area contributed by atoms with Gasteiger partial charge in [-0.15, -0.1) is 10.2 Å². The molecule has 3 rings (SSSR count). The summed E-state index contributed by atoms with van der Waals surface area (Å²) < 4.78 is 15.6. The molecule has 0 saturated heterocycles. The molecule has 0 fully saturated rings. The number of ether oxygens (including phenoxy) is 2. The van der Waals surface area contributed by atoms with Crippen molar-refractivity contribution in [3.8, 4) is 11.5 Å². The van der Waals surface area contributed by atoms with Crippen LogP contribution < -0.4 is 20.1 Å². The number of carbonyl (C=O) groups is 1. The molecule has 2 N–H and O–H groups in total. The zero-order chi connectivity index (χ0) is 18.4. The van der Waals surface area contributed by atoms with E-state index in [1.54, 1.807) is 56.9 Å². The molecule has 0 aliphatic carbocycles. The Hall–Kier alpha value is -3.55. The van der Waals surface area contributed by atoms with Gasteiger partial charge in [-0.05, 0) is 36.4 Å². The van der Waals surface area contributed by atoms with Gasteiger partial charge in [-0.2, -0.15) is 0 Å². The third-order valence-corrected chi connectivity index (χ3v) is 3.56. The number of nitrogens with zero attached hydrogens (tertiary/aromatic N) is 2. The summed E-state index contributed by atoms with van der Waals surface area (Å²) in [5, 5.41) is 13.8. The molecule has 8 heteroatoms. The van der Waals surface area contributed by atoms with Gasteiger partial charge in [0.15, 0.2) is 23.0 Å². The normalized spacial score (nSPS) is 10.2. The van der Waals surface area contributed by atoms with Crippen LogP contribution in [-0.4, -0.2) is 30.3 Å². The van der Waals surface area contributed by atoms with Crippen LogP contribution in [0.5, 0.6) is 11.5 Å². The standard InChI is InChI=1S/C18H18N4O4/c1-24-15-7-5-12(10-16(15)25-2)20-17-8-6-14(21-22-17)18(23)19-11-13-4-3-9-26-13/h3-10H,11H2,1-2H3,(H,19,23)(H,20,22). The highest BCUT2D eigenvalue weighted by atomic mass is 16.5. The highest BCUT2D eigenvalue weighted by Gasteiger charge is 2.10. The van der Waals surface area contributed by atoms with E-state index in [-0.39, 0.29) is 11.6 Å². The Morgan fingerprint density at radius 2 is 1.92 bits per heavy atom. The molecular weight excluding hydrogens is 336 g/mol. The molecule has 0 unspecified atom stereocenters. The van der Waals surface area contributed by atoms with Gasteiger partial charge < -0.3 is 24.5 Å². The molecule has 3 aromatic rings. The van der Waals surface area contributed by atoms with Gasteiger partial charge in [-0.25, -0.2) is 0 Å². The molecular formula is C18H18N4O4. The molecule has 0 spiro atoms. The number of hydrogen-bond acceptors (Lipinski definition) is 7. The first-order chi connectivity index (χ1) is 12.7. The van der Waals surface area contributed by atoms with Gasteiger partial charge in [0.2, 0.25) is 0 Å². The summed E-state index contributed by atoms with van der Waals surface area (Å²) in [6, 6.07) is 12.2. The van der Waals surface area contributed by atoms with Crippen LogP contribution in [0, 0.1) is 0 Å². The van der Waals surface area contributed by atoms with Gasteiger partial charge in [-0.3, -0.25) is 4.79 Å². The number of anilines is 2. The monoisotopic (exact) mass is 354 g/mol. The maximum absolute atomic E-state index is 12.1. The minimum Gasteiger partial charge on any atom is -0.493 e. The predicted molar refractivity (Wildman–Crippen MR) is 94.7 cm³/mol. The second-order valence-electron chi connectivity index (χ2n) is 5.26. The maximum Gasteiger partial charge on any atom is 0.272 e. The van der Waals surface area contributed by atoms with Crippen molar-refractivity contribution < 1.29 is 18.7 Å². The molecule has 0 aliphatic heterocycles. The molecule has 1 aromatic carbocycles. The maximum atomic E-state index is 12.1. The van der Waals surface area contributed by atoms with E-state index in [0.29, 0.717) is 29.6 Å². The third-order valence-electron chi connectivity index (χ3n) is 3.56. The first kappa shape index (κ1) is 17.3. The van der Waals surface area contributed by atoms with E-state index in [9.17, 15) is 4.79 Å². The van der Waals surface area contributed by atoms with Crippen molar-refractivity contribution in [1.82, 2.24) is 15.5 Å². The molecule has 26 heavy (non-hydrogen) atoms. The summed E-state index contributed by atoms with van der Waals surface area (Å²) in [4.78, 5) is 12.1. The summed E-state index contributed by atoms with van der Waals surface area (Å²) in [5.41, 5.74) is 0.974. The summed E-state index contributed by atoms with van der Waals surface area (Å²) in [6.45, 7) is 0.291. The van der Waals surface area contributed by atoms with Gasteiger partial charge in [0.25, 0.3) is 5.91 Å². The van der Waals surface area contributed by atoms with Gasteiger partial charge in [0.05, 0.1) is 27.0 Å². The first-order valence-corrected chi connectivity index (χ1v) is 7.83. The number of benzene rings is 1. The fourth-order valence-electron chi connectivity index (χ4n) is 2.25. The molecule has 0 radical (unpaired) electrons. The van der Waals surface area contributed by atoms with E-state index in [4.69, 9.17) is 13.9 Å². The SMILES string of the molecule is COc1ccc(Nc2ccc(C(=O)NCc3ccco3)nn2)cc1OC. The smallest absolute Gasteiger partial charge is 0.272 e. The number of rotatable bonds is 7. The van der Waals surface area contributed by atoms with Crippen molar-refractivity contribution in [2.45, 2.75) is 6.54 Å². The van der Waals surface area contributed by atoms with Crippen LogP contribution in [0.25, 0.3) is 0 Å². The second-order valence-corrected chi connectivity index (χ2v) is 5.26. The topological polar surface area (TPSA) is 98.5 Å². The summed E-state index contributed by atoms with van der Waals surface area (Å²) >= 11 is 0. The lowest BCUT2D eigenvalue weighted by Crippen LogP contribution is -2.23. The number of hydrogen-bond donors (Lipinski definition) is 2. The average molecular weight is 354 g/mol. The van der Waals surface area contributed by atoms with Crippen molar-refractivity contribution in [2.75, 3.05) is 19.5 Å². The Balaban J connectivity index is 1.63. The summed E-state index contributed by atoms with van der Waals surface area (Å²) in [6.07, 6.45) is 1.55. The number of furan rings is 1. The molecule has 0 saturated carbocycles. The van der Waals surface area contributed by atoms with Gasteiger partial charge in [0.1, 0.15) is 5.76 Å². The van der Waals surface area contributed by atoms with E-state index >= 15 is 0 Å². The molecule has 1 amide bonds. The van der Waals surface area contributed by atoms with Crippen molar-refractivity contribution in [3.05, 3.63) is 60.2 Å². The van der Waals surface area contributed by atoms with Gasteiger partial charge in [0, 0.05) is 11.8 Å². The van der Waals surface area contributed by atoms with Crippen LogP contribution in [0.3, 0.4) is 0 Å². The van der Waals surface area contributed by atoms with E-state index in [1.807, 2.05) is 6.07 Å². The van der Waals surface area contributed by atoms with Crippen molar-refractivity contribution >= 4 is 17.4 Å². The third kappa shape index (κ3) is 4.10. The van der Waals surface area contributed by atoms with E-state index in [2.05, 4.69) is 20.8 Å².